The monoisotopic (exact) mass is 543 g/mol. The third kappa shape index (κ3) is 6.56. The molecule has 1 amide bonds. The van der Waals surface area contributed by atoms with Crippen LogP contribution in [0.15, 0.2) is 29.5 Å². The molecule has 2 aromatic rings. The minimum atomic E-state index is -0.743. The van der Waals surface area contributed by atoms with E-state index in [4.69, 9.17) is 9.47 Å². The number of methoxy groups -OCH3 is 1. The fourth-order valence-electron chi connectivity index (χ4n) is 4.71. The molecule has 0 saturated heterocycles. The van der Waals surface area contributed by atoms with Gasteiger partial charge in [0.25, 0.3) is 5.91 Å². The first-order chi connectivity index (χ1) is 18.1. The molecular formula is C29H41N3O5S. The average Bonchev–Trinajstić information content (AvgIpc) is 3.36. The molecule has 1 atom stereocenters. The van der Waals surface area contributed by atoms with E-state index in [1.54, 1.807) is 25.0 Å². The van der Waals surface area contributed by atoms with E-state index >= 15 is 0 Å². The van der Waals surface area contributed by atoms with E-state index < -0.39 is 17.7 Å². The van der Waals surface area contributed by atoms with Gasteiger partial charge in [-0.2, -0.15) is 0 Å². The largest absolute Gasteiger partial charge is 0.503 e. The molecule has 208 valence electrons. The number of aryl methyl sites for hydroxylation is 2. The van der Waals surface area contributed by atoms with Crippen LogP contribution in [0.5, 0.6) is 11.5 Å². The summed E-state index contributed by atoms with van der Waals surface area (Å²) in [5.41, 5.74) is 1.36. The second-order valence-electron chi connectivity index (χ2n) is 9.96. The highest BCUT2D eigenvalue weighted by molar-refractivity contribution is 7.14. The lowest BCUT2D eigenvalue weighted by Crippen LogP contribution is -2.34. The minimum Gasteiger partial charge on any atom is -0.503 e. The second-order valence-corrected chi connectivity index (χ2v) is 11.2. The van der Waals surface area contributed by atoms with Crippen LogP contribution in [0.25, 0.3) is 0 Å². The van der Waals surface area contributed by atoms with Crippen molar-refractivity contribution in [2.45, 2.75) is 60.4 Å². The highest BCUT2D eigenvalue weighted by Gasteiger charge is 2.44. The van der Waals surface area contributed by atoms with Crippen LogP contribution in [-0.4, -0.2) is 71.5 Å². The molecule has 0 bridgehead atoms. The predicted molar refractivity (Wildman–Crippen MR) is 150 cm³/mol. The van der Waals surface area contributed by atoms with Crippen LogP contribution < -0.4 is 9.47 Å². The predicted octanol–water partition coefficient (Wildman–Crippen LogP) is 5.50. The van der Waals surface area contributed by atoms with Crippen LogP contribution in [0.1, 0.15) is 72.5 Å². The number of benzene rings is 1. The van der Waals surface area contributed by atoms with Gasteiger partial charge in [0.2, 0.25) is 5.78 Å². The summed E-state index contributed by atoms with van der Waals surface area (Å²) in [4.78, 5) is 35.8. The summed E-state index contributed by atoms with van der Waals surface area (Å²) < 4.78 is 11.6. The molecule has 3 rings (SSSR count). The summed E-state index contributed by atoms with van der Waals surface area (Å²) in [7, 11) is 1.57. The molecule has 0 saturated carbocycles. The Balaban J connectivity index is 2.00. The zero-order valence-corrected chi connectivity index (χ0v) is 24.5. The number of carbonyl (C=O) groups is 2. The third-order valence-electron chi connectivity index (χ3n) is 6.88. The SMILES string of the molecule is CCN(CC)CCCN1C(=O)C(O)=C(C(=O)c2sc(C)nc2C)C1c1ccc(OCCC(C)C)c(OC)c1. The van der Waals surface area contributed by atoms with Gasteiger partial charge in [-0.15, -0.1) is 11.3 Å². The summed E-state index contributed by atoms with van der Waals surface area (Å²) in [5, 5.41) is 11.8. The van der Waals surface area contributed by atoms with Crippen molar-refractivity contribution in [2.24, 2.45) is 5.92 Å². The lowest BCUT2D eigenvalue weighted by Gasteiger charge is -2.28. The maximum atomic E-state index is 13.8. The number of aliphatic hydroxyl groups excluding tert-OH is 1. The average molecular weight is 544 g/mol. The lowest BCUT2D eigenvalue weighted by atomic mass is 9.94. The van der Waals surface area contributed by atoms with Crippen molar-refractivity contribution >= 4 is 23.0 Å². The van der Waals surface area contributed by atoms with Crippen LogP contribution in [0.4, 0.5) is 0 Å². The Bertz CT molecular complexity index is 1170. The summed E-state index contributed by atoms with van der Waals surface area (Å²) in [6, 6.07) is 4.72. The van der Waals surface area contributed by atoms with Crippen molar-refractivity contribution in [2.75, 3.05) is 39.9 Å². The number of hydrogen-bond donors (Lipinski definition) is 1. The molecule has 1 aromatic heterocycles. The molecule has 1 aliphatic rings. The summed E-state index contributed by atoms with van der Waals surface area (Å²) in [6.45, 7) is 15.7. The normalized spacial score (nSPS) is 15.8. The van der Waals surface area contributed by atoms with E-state index in [0.717, 1.165) is 31.1 Å². The van der Waals surface area contributed by atoms with Gasteiger partial charge in [0, 0.05) is 6.54 Å². The fourth-order valence-corrected chi connectivity index (χ4v) is 5.58. The molecule has 9 heteroatoms. The van der Waals surface area contributed by atoms with Gasteiger partial charge in [0.1, 0.15) is 0 Å². The van der Waals surface area contributed by atoms with Crippen LogP contribution in [0, 0.1) is 19.8 Å². The zero-order chi connectivity index (χ0) is 28.0. The third-order valence-corrected chi connectivity index (χ3v) is 7.95. The number of ketones is 1. The number of amides is 1. The maximum absolute atomic E-state index is 13.8. The first-order valence-electron chi connectivity index (χ1n) is 13.4. The zero-order valence-electron chi connectivity index (χ0n) is 23.7. The highest BCUT2D eigenvalue weighted by atomic mass is 32.1. The molecule has 0 fully saturated rings. The first kappa shape index (κ1) is 29.6. The van der Waals surface area contributed by atoms with Gasteiger partial charge in [0.05, 0.1) is 40.9 Å². The molecule has 1 N–H and O–H groups in total. The van der Waals surface area contributed by atoms with Crippen LogP contribution >= 0.6 is 11.3 Å². The summed E-state index contributed by atoms with van der Waals surface area (Å²) in [6.07, 6.45) is 1.62. The first-order valence-corrected chi connectivity index (χ1v) is 14.2. The van der Waals surface area contributed by atoms with Crippen molar-refractivity contribution in [3.8, 4) is 11.5 Å². The number of carbonyl (C=O) groups excluding carboxylic acids is 2. The van der Waals surface area contributed by atoms with Crippen molar-refractivity contribution < 1.29 is 24.2 Å². The van der Waals surface area contributed by atoms with Gasteiger partial charge in [-0.25, -0.2) is 4.98 Å². The van der Waals surface area contributed by atoms with Crippen molar-refractivity contribution in [1.82, 2.24) is 14.8 Å². The lowest BCUT2D eigenvalue weighted by molar-refractivity contribution is -0.129. The molecule has 0 radical (unpaired) electrons. The Morgan fingerprint density at radius 3 is 2.50 bits per heavy atom. The Morgan fingerprint density at radius 1 is 1.21 bits per heavy atom. The Kier molecular flexibility index (Phi) is 10.3. The van der Waals surface area contributed by atoms with Gasteiger partial charge in [0.15, 0.2) is 17.3 Å². The number of thiazole rings is 1. The second kappa shape index (κ2) is 13.2. The Labute approximate surface area is 230 Å². The standard InChI is InChI=1S/C29H41N3O5S/c1-8-31(9-2)14-10-15-32-25(21-11-12-22(23(17-21)36-7)37-16-13-18(3)4)24(27(34)29(32)35)26(33)28-19(5)30-20(6)38-28/h11-12,17-18,25,34H,8-10,13-16H2,1-7H3. The van der Waals surface area contributed by atoms with Gasteiger partial charge >= 0.3 is 0 Å². The summed E-state index contributed by atoms with van der Waals surface area (Å²) in [5.74, 6) is 0.230. The van der Waals surface area contributed by atoms with E-state index in [-0.39, 0.29) is 11.4 Å². The van der Waals surface area contributed by atoms with Gasteiger partial charge in [-0.05, 0) is 69.9 Å². The topological polar surface area (TPSA) is 92.2 Å². The van der Waals surface area contributed by atoms with Gasteiger partial charge < -0.3 is 24.4 Å². The number of Topliss-reactive ketones (excluding diaryl/α,β-unsaturated/α-hetero) is 1. The van der Waals surface area contributed by atoms with E-state index in [9.17, 15) is 14.7 Å². The molecule has 0 aliphatic carbocycles. The molecular weight excluding hydrogens is 502 g/mol. The maximum Gasteiger partial charge on any atom is 0.290 e. The number of ether oxygens (including phenoxy) is 2. The minimum absolute atomic E-state index is 0.0834. The number of rotatable bonds is 14. The van der Waals surface area contributed by atoms with Crippen molar-refractivity contribution in [3.05, 3.63) is 50.7 Å². The van der Waals surface area contributed by atoms with Crippen LogP contribution in [0.3, 0.4) is 0 Å². The van der Waals surface area contributed by atoms with E-state index in [1.165, 1.54) is 11.3 Å². The smallest absolute Gasteiger partial charge is 0.290 e. The quantitative estimate of drug-likeness (QED) is 0.314. The molecule has 0 spiro atoms. The van der Waals surface area contributed by atoms with Gasteiger partial charge in [-0.3, -0.25) is 9.59 Å². The molecule has 1 aromatic carbocycles. The van der Waals surface area contributed by atoms with E-state index in [2.05, 4.69) is 37.6 Å². The fraction of sp³-hybridized carbons (Fsp3) is 0.552. The van der Waals surface area contributed by atoms with E-state index in [1.807, 2.05) is 19.1 Å². The Hall–Kier alpha value is -2.91. The van der Waals surface area contributed by atoms with E-state index in [0.29, 0.717) is 53.1 Å². The number of nitrogens with zero attached hydrogens (tertiary/aromatic N) is 3. The number of aliphatic hydroxyl groups is 1. The van der Waals surface area contributed by atoms with Crippen molar-refractivity contribution in [3.63, 3.8) is 0 Å². The van der Waals surface area contributed by atoms with Crippen molar-refractivity contribution in [1.29, 1.82) is 0 Å². The molecule has 1 aliphatic heterocycles. The summed E-state index contributed by atoms with van der Waals surface area (Å²) >= 11 is 1.27. The molecule has 8 nitrogen and oxygen atoms in total. The Morgan fingerprint density at radius 2 is 1.92 bits per heavy atom. The van der Waals surface area contributed by atoms with Gasteiger partial charge in [-0.1, -0.05) is 33.8 Å². The number of aromatic nitrogens is 1. The highest BCUT2D eigenvalue weighted by Crippen LogP contribution is 2.42. The molecule has 2 heterocycles. The number of hydrogen-bond acceptors (Lipinski definition) is 8. The van der Waals surface area contributed by atoms with Crippen LogP contribution in [-0.2, 0) is 4.79 Å². The van der Waals surface area contributed by atoms with Crippen LogP contribution in [0.2, 0.25) is 0 Å². The molecule has 1 unspecified atom stereocenters. The molecule has 38 heavy (non-hydrogen) atoms.